The van der Waals surface area contributed by atoms with Gasteiger partial charge in [-0.25, -0.2) is 8.42 Å². The smallest absolute Gasteiger partial charge is 0.269 e. The highest BCUT2D eigenvalue weighted by Gasteiger charge is 2.19. The first-order chi connectivity index (χ1) is 12.3. The number of benzene rings is 3. The van der Waals surface area contributed by atoms with Crippen LogP contribution in [0.15, 0.2) is 65.6 Å². The number of rotatable bonds is 5. The summed E-state index contributed by atoms with van der Waals surface area (Å²) in [5.41, 5.74) is 1.07. The third-order valence-corrected chi connectivity index (χ3v) is 5.40. The summed E-state index contributed by atoms with van der Waals surface area (Å²) in [5.74, 6) is 0. The molecular weight excluding hydrogens is 354 g/mol. The van der Waals surface area contributed by atoms with Gasteiger partial charge in [-0.2, -0.15) is 0 Å². The molecule has 0 aromatic heterocycles. The number of hydrogen-bond donors (Lipinski definition) is 1. The van der Waals surface area contributed by atoms with Crippen molar-refractivity contribution >= 4 is 37.9 Å². The number of sulfonamides is 1. The Morgan fingerprint density at radius 3 is 2.15 bits per heavy atom. The minimum absolute atomic E-state index is 0.103. The van der Waals surface area contributed by atoms with E-state index in [2.05, 4.69) is 4.72 Å². The standard InChI is InChI=1S/C18H17N3O4S/c1-20(2)17-7-3-6-16-15(17)5-4-8-18(16)26(24,25)19-13-9-11-14(12-10-13)21(22)23/h3-12,19H,1-2H3. The number of anilines is 2. The first kappa shape index (κ1) is 17.7. The van der Waals surface area contributed by atoms with Crippen LogP contribution in [-0.4, -0.2) is 27.4 Å². The van der Waals surface area contributed by atoms with Crippen molar-refractivity contribution in [2.45, 2.75) is 4.90 Å². The van der Waals surface area contributed by atoms with Crippen molar-refractivity contribution in [3.8, 4) is 0 Å². The molecule has 0 aliphatic carbocycles. The van der Waals surface area contributed by atoms with Gasteiger partial charge in [-0.05, 0) is 24.3 Å². The molecule has 0 aliphatic rings. The third kappa shape index (κ3) is 3.31. The van der Waals surface area contributed by atoms with Gasteiger partial charge in [0.15, 0.2) is 0 Å². The monoisotopic (exact) mass is 371 g/mol. The second-order valence-corrected chi connectivity index (χ2v) is 7.58. The van der Waals surface area contributed by atoms with Crippen LogP contribution in [0.3, 0.4) is 0 Å². The van der Waals surface area contributed by atoms with Crippen LogP contribution in [-0.2, 0) is 10.0 Å². The third-order valence-electron chi connectivity index (χ3n) is 3.96. The van der Waals surface area contributed by atoms with Crippen LogP contribution < -0.4 is 9.62 Å². The highest BCUT2D eigenvalue weighted by molar-refractivity contribution is 7.93. The number of fused-ring (bicyclic) bond motifs is 1. The van der Waals surface area contributed by atoms with Gasteiger partial charge in [-0.3, -0.25) is 14.8 Å². The summed E-state index contributed by atoms with van der Waals surface area (Å²) in [5, 5.41) is 12.1. The molecular formula is C18H17N3O4S. The number of nitrogens with zero attached hydrogens (tertiary/aromatic N) is 2. The van der Waals surface area contributed by atoms with Gasteiger partial charge in [0.05, 0.1) is 9.82 Å². The summed E-state index contributed by atoms with van der Waals surface area (Å²) < 4.78 is 28.2. The average molecular weight is 371 g/mol. The summed E-state index contributed by atoms with van der Waals surface area (Å²) >= 11 is 0. The predicted octanol–water partition coefficient (Wildman–Crippen LogP) is 3.61. The molecule has 0 saturated carbocycles. The molecule has 0 atom stereocenters. The normalized spacial score (nSPS) is 11.3. The largest absolute Gasteiger partial charge is 0.377 e. The van der Waals surface area contributed by atoms with E-state index in [1.807, 2.05) is 37.2 Å². The lowest BCUT2D eigenvalue weighted by molar-refractivity contribution is -0.384. The highest BCUT2D eigenvalue weighted by Crippen LogP contribution is 2.31. The van der Waals surface area contributed by atoms with E-state index in [-0.39, 0.29) is 16.3 Å². The Kier molecular flexibility index (Phi) is 4.52. The molecule has 0 aliphatic heterocycles. The van der Waals surface area contributed by atoms with E-state index in [9.17, 15) is 18.5 Å². The second-order valence-electron chi connectivity index (χ2n) is 5.93. The van der Waals surface area contributed by atoms with Crippen LogP contribution in [0.4, 0.5) is 17.1 Å². The maximum absolute atomic E-state index is 12.9. The van der Waals surface area contributed by atoms with Crippen molar-refractivity contribution in [1.82, 2.24) is 0 Å². The summed E-state index contributed by atoms with van der Waals surface area (Å²) in [7, 11) is -0.0660. The van der Waals surface area contributed by atoms with Gasteiger partial charge in [-0.15, -0.1) is 0 Å². The summed E-state index contributed by atoms with van der Waals surface area (Å²) in [6.45, 7) is 0. The maximum atomic E-state index is 12.9. The number of non-ortho nitro benzene ring substituents is 1. The molecule has 3 rings (SSSR count). The first-order valence-electron chi connectivity index (χ1n) is 7.76. The Bertz CT molecular complexity index is 1080. The zero-order chi connectivity index (χ0) is 18.9. The Morgan fingerprint density at radius 1 is 0.923 bits per heavy atom. The molecule has 134 valence electrons. The summed E-state index contributed by atoms with van der Waals surface area (Å²) in [6.07, 6.45) is 0. The number of nitro benzene ring substituents is 1. The molecule has 0 saturated heterocycles. The Balaban J connectivity index is 2.04. The lowest BCUT2D eigenvalue weighted by atomic mass is 10.1. The van der Waals surface area contributed by atoms with Crippen LogP contribution in [0.25, 0.3) is 10.8 Å². The predicted molar refractivity (Wildman–Crippen MR) is 102 cm³/mol. The zero-order valence-corrected chi connectivity index (χ0v) is 15.0. The molecule has 0 radical (unpaired) electrons. The molecule has 0 amide bonds. The van der Waals surface area contributed by atoms with Gasteiger partial charge < -0.3 is 4.90 Å². The van der Waals surface area contributed by atoms with E-state index in [4.69, 9.17) is 0 Å². The topological polar surface area (TPSA) is 92.6 Å². The molecule has 0 heterocycles. The first-order valence-corrected chi connectivity index (χ1v) is 9.24. The van der Waals surface area contributed by atoms with Crippen LogP contribution in [0.2, 0.25) is 0 Å². The van der Waals surface area contributed by atoms with Crippen LogP contribution in [0.5, 0.6) is 0 Å². The maximum Gasteiger partial charge on any atom is 0.269 e. The lowest BCUT2D eigenvalue weighted by Gasteiger charge is -2.17. The van der Waals surface area contributed by atoms with Crippen molar-refractivity contribution in [2.75, 3.05) is 23.7 Å². The summed E-state index contributed by atoms with van der Waals surface area (Å²) in [6, 6.07) is 15.8. The Hall–Kier alpha value is -3.13. The fourth-order valence-electron chi connectivity index (χ4n) is 2.75. The van der Waals surface area contributed by atoms with E-state index >= 15 is 0 Å². The van der Waals surface area contributed by atoms with Crippen molar-refractivity contribution in [2.24, 2.45) is 0 Å². The quantitative estimate of drug-likeness (QED) is 0.546. The summed E-state index contributed by atoms with van der Waals surface area (Å²) in [4.78, 5) is 12.2. The number of nitrogens with one attached hydrogen (secondary N) is 1. The van der Waals surface area contributed by atoms with Crippen LogP contribution in [0.1, 0.15) is 0 Å². The van der Waals surface area contributed by atoms with Crippen molar-refractivity contribution < 1.29 is 13.3 Å². The van der Waals surface area contributed by atoms with Gasteiger partial charge in [0.1, 0.15) is 0 Å². The van der Waals surface area contributed by atoms with E-state index in [1.54, 1.807) is 12.1 Å². The van der Waals surface area contributed by atoms with Crippen molar-refractivity contribution in [3.05, 3.63) is 70.8 Å². The van der Waals surface area contributed by atoms with E-state index in [1.165, 1.54) is 30.3 Å². The SMILES string of the molecule is CN(C)c1cccc2c(S(=O)(=O)Nc3ccc([N+](=O)[O-])cc3)cccc12. The minimum Gasteiger partial charge on any atom is -0.377 e. The molecule has 3 aromatic carbocycles. The van der Waals surface area contributed by atoms with Gasteiger partial charge in [0, 0.05) is 48.4 Å². The van der Waals surface area contributed by atoms with Crippen molar-refractivity contribution in [1.29, 1.82) is 0 Å². The van der Waals surface area contributed by atoms with E-state index in [0.717, 1.165) is 11.1 Å². The fourth-order valence-corrected chi connectivity index (χ4v) is 4.03. The number of hydrogen-bond acceptors (Lipinski definition) is 5. The van der Waals surface area contributed by atoms with Crippen LogP contribution >= 0.6 is 0 Å². The zero-order valence-electron chi connectivity index (χ0n) is 14.2. The van der Waals surface area contributed by atoms with Crippen LogP contribution in [0, 0.1) is 10.1 Å². The Morgan fingerprint density at radius 2 is 1.54 bits per heavy atom. The van der Waals surface area contributed by atoms with Gasteiger partial charge in [-0.1, -0.05) is 24.3 Å². The lowest BCUT2D eigenvalue weighted by Crippen LogP contribution is -2.14. The van der Waals surface area contributed by atoms with E-state index in [0.29, 0.717) is 5.39 Å². The Labute approximate surface area is 151 Å². The second kappa shape index (κ2) is 6.64. The molecule has 7 nitrogen and oxygen atoms in total. The average Bonchev–Trinajstić information content (AvgIpc) is 2.60. The number of nitro groups is 1. The molecule has 3 aromatic rings. The van der Waals surface area contributed by atoms with Crippen molar-refractivity contribution in [3.63, 3.8) is 0 Å². The minimum atomic E-state index is -3.85. The fraction of sp³-hybridized carbons (Fsp3) is 0.111. The van der Waals surface area contributed by atoms with Gasteiger partial charge >= 0.3 is 0 Å². The molecule has 0 fully saturated rings. The molecule has 0 unspecified atom stereocenters. The highest BCUT2D eigenvalue weighted by atomic mass is 32.2. The molecule has 0 bridgehead atoms. The van der Waals surface area contributed by atoms with Gasteiger partial charge in [0.25, 0.3) is 15.7 Å². The molecule has 8 heteroatoms. The molecule has 26 heavy (non-hydrogen) atoms. The molecule has 0 spiro atoms. The molecule has 1 N–H and O–H groups in total. The van der Waals surface area contributed by atoms with E-state index < -0.39 is 14.9 Å². The van der Waals surface area contributed by atoms with Gasteiger partial charge in [0.2, 0.25) is 0 Å².